The lowest BCUT2D eigenvalue weighted by atomic mass is 10.2. The van der Waals surface area contributed by atoms with E-state index in [4.69, 9.17) is 4.74 Å². The minimum atomic E-state index is -0.175. The zero-order chi connectivity index (χ0) is 11.5. The van der Waals surface area contributed by atoms with E-state index >= 15 is 0 Å². The van der Waals surface area contributed by atoms with Crippen LogP contribution in [0.4, 0.5) is 10.1 Å². The predicted octanol–water partition coefficient (Wildman–Crippen LogP) is 3.20. The number of ether oxygens (including phenoxy) is 1. The summed E-state index contributed by atoms with van der Waals surface area (Å²) in [6.07, 6.45) is 1.19. The molecule has 1 aromatic carbocycles. The third kappa shape index (κ3) is 2.55. The highest BCUT2D eigenvalue weighted by molar-refractivity contribution is 9.10. The van der Waals surface area contributed by atoms with Crippen molar-refractivity contribution in [3.05, 3.63) is 28.5 Å². The van der Waals surface area contributed by atoms with Crippen LogP contribution >= 0.6 is 15.9 Å². The molecule has 2 rings (SSSR count). The molecule has 0 spiro atoms. The van der Waals surface area contributed by atoms with E-state index in [0.717, 1.165) is 24.0 Å². The fraction of sp³-hybridized carbons (Fsp3) is 0.500. The summed E-state index contributed by atoms with van der Waals surface area (Å²) in [5, 5.41) is 0. The Hall–Kier alpha value is -0.610. The predicted molar refractivity (Wildman–Crippen MR) is 66.3 cm³/mol. The van der Waals surface area contributed by atoms with Gasteiger partial charge in [0.05, 0.1) is 18.4 Å². The molecule has 1 aromatic rings. The van der Waals surface area contributed by atoms with Crippen molar-refractivity contribution in [2.75, 3.05) is 24.6 Å². The molecule has 1 aliphatic rings. The number of hydrogen-bond acceptors (Lipinski definition) is 2. The number of halogens is 2. The first-order chi connectivity index (χ1) is 7.70. The first-order valence-corrected chi connectivity index (χ1v) is 6.31. The molecule has 1 fully saturated rings. The fourth-order valence-corrected chi connectivity index (χ4v) is 2.26. The summed E-state index contributed by atoms with van der Waals surface area (Å²) in [5.41, 5.74) is 0.671. The van der Waals surface area contributed by atoms with Gasteiger partial charge in [-0.3, -0.25) is 0 Å². The second-order valence-corrected chi connectivity index (χ2v) is 4.86. The van der Waals surface area contributed by atoms with Crippen LogP contribution in [0.3, 0.4) is 0 Å². The summed E-state index contributed by atoms with van der Waals surface area (Å²) < 4.78 is 20.1. The number of nitrogens with zero attached hydrogens (tertiary/aromatic N) is 1. The molecule has 0 N–H and O–H groups in total. The lowest BCUT2D eigenvalue weighted by Gasteiger charge is -2.34. The molecule has 0 amide bonds. The van der Waals surface area contributed by atoms with Crippen molar-refractivity contribution in [2.24, 2.45) is 0 Å². The summed E-state index contributed by atoms with van der Waals surface area (Å²) in [6.45, 7) is 4.30. The van der Waals surface area contributed by atoms with E-state index in [9.17, 15) is 4.39 Å². The molecule has 0 aliphatic carbocycles. The maximum Gasteiger partial charge on any atom is 0.147 e. The Bertz CT molecular complexity index is 372. The molecule has 0 radical (unpaired) electrons. The minimum Gasteiger partial charge on any atom is -0.375 e. The van der Waals surface area contributed by atoms with Gasteiger partial charge in [0, 0.05) is 17.6 Å². The Morgan fingerprint density at radius 3 is 3.06 bits per heavy atom. The van der Waals surface area contributed by atoms with Crippen molar-refractivity contribution < 1.29 is 9.13 Å². The van der Waals surface area contributed by atoms with Crippen molar-refractivity contribution in [2.45, 2.75) is 19.4 Å². The zero-order valence-electron chi connectivity index (χ0n) is 9.25. The molecule has 88 valence electrons. The maximum absolute atomic E-state index is 13.8. The van der Waals surface area contributed by atoms with E-state index in [0.29, 0.717) is 12.3 Å². The van der Waals surface area contributed by atoms with Crippen LogP contribution in [-0.4, -0.2) is 25.8 Å². The average Bonchev–Trinajstić information content (AvgIpc) is 2.29. The van der Waals surface area contributed by atoms with Gasteiger partial charge in [-0.05, 0) is 24.6 Å². The molecule has 1 heterocycles. The normalized spacial score (nSPS) is 21.2. The van der Waals surface area contributed by atoms with Crippen molar-refractivity contribution in [3.8, 4) is 0 Å². The van der Waals surface area contributed by atoms with Crippen LogP contribution in [0.25, 0.3) is 0 Å². The topological polar surface area (TPSA) is 12.5 Å². The summed E-state index contributed by atoms with van der Waals surface area (Å²) in [6, 6.07) is 5.19. The van der Waals surface area contributed by atoms with Crippen molar-refractivity contribution in [1.82, 2.24) is 0 Å². The van der Waals surface area contributed by atoms with Crippen LogP contribution in [-0.2, 0) is 4.74 Å². The Kier molecular flexibility index (Phi) is 3.82. The van der Waals surface area contributed by atoms with E-state index in [1.807, 2.05) is 12.1 Å². The van der Waals surface area contributed by atoms with Gasteiger partial charge in [-0.15, -0.1) is 0 Å². The van der Waals surface area contributed by atoms with E-state index < -0.39 is 0 Å². The molecule has 4 heteroatoms. The number of rotatable bonds is 2. The third-order valence-electron chi connectivity index (χ3n) is 2.84. The quantitative estimate of drug-likeness (QED) is 0.828. The average molecular weight is 288 g/mol. The first kappa shape index (κ1) is 11.9. The Morgan fingerprint density at radius 1 is 1.56 bits per heavy atom. The fourth-order valence-electron chi connectivity index (χ4n) is 1.92. The Balaban J connectivity index is 2.16. The van der Waals surface area contributed by atoms with Crippen LogP contribution in [0.15, 0.2) is 22.7 Å². The molecule has 2 nitrogen and oxygen atoms in total. The van der Waals surface area contributed by atoms with Gasteiger partial charge < -0.3 is 9.64 Å². The second kappa shape index (κ2) is 5.15. The van der Waals surface area contributed by atoms with Crippen LogP contribution in [0, 0.1) is 5.82 Å². The van der Waals surface area contributed by atoms with Crippen LogP contribution in [0.2, 0.25) is 0 Å². The summed E-state index contributed by atoms with van der Waals surface area (Å²) in [5.74, 6) is -0.175. The first-order valence-electron chi connectivity index (χ1n) is 5.52. The van der Waals surface area contributed by atoms with Crippen molar-refractivity contribution in [1.29, 1.82) is 0 Å². The molecule has 1 atom stereocenters. The second-order valence-electron chi connectivity index (χ2n) is 3.94. The molecule has 1 unspecified atom stereocenters. The lowest BCUT2D eigenvalue weighted by Crippen LogP contribution is -2.42. The van der Waals surface area contributed by atoms with Gasteiger partial charge in [-0.2, -0.15) is 0 Å². The number of benzene rings is 1. The molecule has 0 bridgehead atoms. The molecule has 16 heavy (non-hydrogen) atoms. The van der Waals surface area contributed by atoms with Crippen LogP contribution in [0.5, 0.6) is 0 Å². The molecule has 1 aliphatic heterocycles. The molecule has 0 saturated carbocycles. The monoisotopic (exact) mass is 287 g/mol. The largest absolute Gasteiger partial charge is 0.375 e. The van der Waals surface area contributed by atoms with Crippen molar-refractivity contribution >= 4 is 21.6 Å². The Morgan fingerprint density at radius 2 is 2.38 bits per heavy atom. The summed E-state index contributed by atoms with van der Waals surface area (Å²) in [7, 11) is 0. The van der Waals surface area contributed by atoms with Gasteiger partial charge in [0.15, 0.2) is 0 Å². The summed E-state index contributed by atoms with van der Waals surface area (Å²) in [4.78, 5) is 2.06. The van der Waals surface area contributed by atoms with E-state index in [-0.39, 0.29) is 11.9 Å². The smallest absolute Gasteiger partial charge is 0.147 e. The molecule has 1 saturated heterocycles. The Labute approximate surface area is 104 Å². The number of morpholine rings is 1. The van der Waals surface area contributed by atoms with Gasteiger partial charge in [0.2, 0.25) is 0 Å². The zero-order valence-corrected chi connectivity index (χ0v) is 10.8. The van der Waals surface area contributed by atoms with Crippen LogP contribution in [0.1, 0.15) is 13.3 Å². The number of anilines is 1. The lowest BCUT2D eigenvalue weighted by molar-refractivity contribution is 0.0382. The van der Waals surface area contributed by atoms with Crippen molar-refractivity contribution in [3.63, 3.8) is 0 Å². The number of hydrogen-bond donors (Lipinski definition) is 0. The highest BCUT2D eigenvalue weighted by Crippen LogP contribution is 2.25. The van der Waals surface area contributed by atoms with E-state index in [1.165, 1.54) is 6.07 Å². The molecular formula is C12H15BrFNO. The van der Waals surface area contributed by atoms with Gasteiger partial charge in [-0.1, -0.05) is 22.9 Å². The van der Waals surface area contributed by atoms with Crippen LogP contribution < -0.4 is 4.90 Å². The SMILES string of the molecule is CCC1CN(c2ccc(Br)cc2F)CCO1. The highest BCUT2D eigenvalue weighted by atomic mass is 79.9. The molecule has 0 aromatic heterocycles. The van der Waals surface area contributed by atoms with Gasteiger partial charge in [0.1, 0.15) is 5.82 Å². The van der Waals surface area contributed by atoms with E-state index in [1.54, 1.807) is 0 Å². The maximum atomic E-state index is 13.8. The standard InChI is InChI=1S/C12H15BrFNO/c1-2-10-8-15(5-6-16-10)12-4-3-9(13)7-11(12)14/h3-4,7,10H,2,5-6,8H2,1H3. The van der Waals surface area contributed by atoms with Gasteiger partial charge in [-0.25, -0.2) is 4.39 Å². The minimum absolute atomic E-state index is 0.175. The third-order valence-corrected chi connectivity index (χ3v) is 3.34. The molecular weight excluding hydrogens is 273 g/mol. The van der Waals surface area contributed by atoms with Gasteiger partial charge >= 0.3 is 0 Å². The van der Waals surface area contributed by atoms with E-state index in [2.05, 4.69) is 27.8 Å². The summed E-state index contributed by atoms with van der Waals surface area (Å²) >= 11 is 3.26. The highest BCUT2D eigenvalue weighted by Gasteiger charge is 2.21. The van der Waals surface area contributed by atoms with Gasteiger partial charge in [0.25, 0.3) is 0 Å².